The summed E-state index contributed by atoms with van der Waals surface area (Å²) in [5.74, 6) is 0.622. The summed E-state index contributed by atoms with van der Waals surface area (Å²) in [6.45, 7) is 8.49. The Hall–Kier alpha value is -0.617. The Morgan fingerprint density at radius 3 is 2.00 bits per heavy atom. The van der Waals surface area contributed by atoms with Crippen LogP contribution in [0.5, 0.6) is 5.75 Å². The summed E-state index contributed by atoms with van der Waals surface area (Å²) in [7, 11) is 5.15. The van der Waals surface area contributed by atoms with E-state index in [4.69, 9.17) is 24.1 Å². The number of sulfonamides is 2. The second-order valence-corrected chi connectivity index (χ2v) is 16.6. The molecule has 1 atom stereocenters. The van der Waals surface area contributed by atoms with E-state index in [2.05, 4.69) is 0 Å². The molecule has 192 valence electrons. The molecular weight excluding hydrogens is 602 g/mol. The fraction of sp³-hybridized carbons (Fsp3) is 0.526. The SMILES string of the molecule is CCN(CC)C(=O)C(C)Oc1ccccc1[CH]=[Ru]([Cl])[Cl].CS(=O)(=O)N1[CH-]N(S(C)(=O)=O)CC1. The van der Waals surface area contributed by atoms with E-state index in [0.717, 1.165) is 33.4 Å². The minimum atomic E-state index is -3.32. The minimum absolute atomic E-state index is 0.0178. The van der Waals surface area contributed by atoms with E-state index in [0.29, 0.717) is 18.8 Å². The summed E-state index contributed by atoms with van der Waals surface area (Å²) in [4.78, 5) is 13.9. The molecule has 0 bridgehead atoms. The van der Waals surface area contributed by atoms with Crippen LogP contribution in [0, 0.1) is 6.67 Å². The number of halogens is 2. The van der Waals surface area contributed by atoms with Crippen LogP contribution in [-0.2, 0) is 38.4 Å². The molecule has 0 saturated carbocycles. The predicted molar refractivity (Wildman–Crippen MR) is 129 cm³/mol. The summed E-state index contributed by atoms with van der Waals surface area (Å²) >= 11 is -1.92. The van der Waals surface area contributed by atoms with Crippen LogP contribution in [-0.4, -0.2) is 85.7 Å². The van der Waals surface area contributed by atoms with Crippen molar-refractivity contribution < 1.29 is 39.9 Å². The molecule has 1 heterocycles. The monoisotopic (exact) mass is 632 g/mol. The molecule has 0 aromatic heterocycles. The van der Waals surface area contributed by atoms with Gasteiger partial charge >= 0.3 is 133 Å². The standard InChI is InChI=1S/C14H19NO2.C5H11N2O4S2.2ClH.Ru/c1-5-15(6-2)14(16)12(4)17-13-10-8-7-9-11(13)3;1-12(8,9)6-3-4-7(5-6)13(2,10)11;;;/h3,7-10,12H,5-6H2,1-2,4H3;5H,3-4H2,1-2H3;2*1H;/q;-1;;;+2/p-2. The van der Waals surface area contributed by atoms with Crippen molar-refractivity contribution in [1.29, 1.82) is 0 Å². The van der Waals surface area contributed by atoms with E-state index in [9.17, 15) is 21.6 Å². The van der Waals surface area contributed by atoms with Gasteiger partial charge in [0, 0.05) is 0 Å². The Labute approximate surface area is 210 Å². The molecule has 14 heteroatoms. The summed E-state index contributed by atoms with van der Waals surface area (Å²) in [5.41, 5.74) is 0.843. The van der Waals surface area contributed by atoms with Crippen molar-refractivity contribution in [3.63, 3.8) is 0 Å². The average molecular weight is 633 g/mol. The molecule has 1 amide bonds. The number of nitrogens with zero attached hydrogens (tertiary/aromatic N) is 3. The first-order valence-electron chi connectivity index (χ1n) is 9.86. The van der Waals surface area contributed by atoms with Crippen LogP contribution < -0.4 is 4.74 Å². The van der Waals surface area contributed by atoms with Crippen LogP contribution in [0.3, 0.4) is 0 Å². The number of carbonyl (C=O) groups excluding carboxylic acids is 1. The van der Waals surface area contributed by atoms with Gasteiger partial charge in [-0.05, 0) is 13.1 Å². The number of carbonyl (C=O) groups is 1. The third-order valence-electron chi connectivity index (χ3n) is 4.48. The Bertz CT molecular complexity index is 1010. The topological polar surface area (TPSA) is 104 Å². The van der Waals surface area contributed by atoms with Crippen LogP contribution in [0.15, 0.2) is 24.3 Å². The van der Waals surface area contributed by atoms with Gasteiger partial charge in [0.05, 0.1) is 12.5 Å². The van der Waals surface area contributed by atoms with Gasteiger partial charge < -0.3 is 8.61 Å². The van der Waals surface area contributed by atoms with Gasteiger partial charge in [-0.25, -0.2) is 16.8 Å². The summed E-state index contributed by atoms with van der Waals surface area (Å²) in [6, 6.07) is 7.46. The second kappa shape index (κ2) is 13.5. The quantitative estimate of drug-likeness (QED) is 0.321. The number of hydrogen-bond donors (Lipinski definition) is 0. The molecule has 1 aromatic rings. The van der Waals surface area contributed by atoms with E-state index in [1.54, 1.807) is 11.8 Å². The summed E-state index contributed by atoms with van der Waals surface area (Å²) < 4.78 is 53.5. The molecule has 1 fully saturated rings. The molecule has 0 spiro atoms. The van der Waals surface area contributed by atoms with Crippen LogP contribution >= 0.6 is 19.4 Å². The predicted octanol–water partition coefficient (Wildman–Crippen LogP) is 2.04. The number of likely N-dealkylation sites (N-methyl/N-ethyl adjacent to an activating group) is 1. The van der Waals surface area contributed by atoms with Gasteiger partial charge in [0.2, 0.25) is 0 Å². The molecule has 1 saturated heterocycles. The van der Waals surface area contributed by atoms with Gasteiger partial charge in [0.25, 0.3) is 0 Å². The fourth-order valence-electron chi connectivity index (χ4n) is 2.75. The first kappa shape index (κ1) is 30.4. The molecule has 0 N–H and O–H groups in total. The van der Waals surface area contributed by atoms with E-state index in [1.807, 2.05) is 42.7 Å². The smallest absolute Gasteiger partial charge is 0.185 e. The molecule has 1 aliphatic rings. The first-order valence-corrected chi connectivity index (χ1v) is 19.0. The Kier molecular flexibility index (Phi) is 12.4. The first-order chi connectivity index (χ1) is 15.2. The van der Waals surface area contributed by atoms with E-state index < -0.39 is 39.7 Å². The Morgan fingerprint density at radius 1 is 1.12 bits per heavy atom. The molecule has 0 radical (unpaired) electrons. The van der Waals surface area contributed by atoms with Crippen molar-refractivity contribution in [2.24, 2.45) is 0 Å². The van der Waals surface area contributed by atoms with Crippen molar-refractivity contribution >= 4 is 49.9 Å². The van der Waals surface area contributed by atoms with Gasteiger partial charge in [0.1, 0.15) is 0 Å². The maximum absolute atomic E-state index is 12.2. The largest absolute Gasteiger partial charge is 0.336 e. The van der Waals surface area contributed by atoms with Crippen LogP contribution in [0.4, 0.5) is 0 Å². The molecule has 9 nitrogen and oxygen atoms in total. The molecule has 1 aliphatic heterocycles. The van der Waals surface area contributed by atoms with Gasteiger partial charge in [-0.2, -0.15) is 6.67 Å². The van der Waals surface area contributed by atoms with E-state index >= 15 is 0 Å². The van der Waals surface area contributed by atoms with Crippen LogP contribution in [0.1, 0.15) is 26.3 Å². The molecule has 0 aliphatic carbocycles. The zero-order chi connectivity index (χ0) is 25.4. The number of hydrogen-bond acceptors (Lipinski definition) is 6. The van der Waals surface area contributed by atoms with Crippen LogP contribution in [0.2, 0.25) is 0 Å². The third kappa shape index (κ3) is 10.3. The van der Waals surface area contributed by atoms with Crippen molar-refractivity contribution in [1.82, 2.24) is 13.5 Å². The Morgan fingerprint density at radius 2 is 1.61 bits per heavy atom. The molecular formula is C19H30Cl2N3O6RuS2-. The molecule has 2 rings (SSSR count). The van der Waals surface area contributed by atoms with E-state index in [1.165, 1.54) is 0 Å². The van der Waals surface area contributed by atoms with Crippen molar-refractivity contribution in [3.05, 3.63) is 36.5 Å². The normalized spacial score (nSPS) is 16.4. The second-order valence-electron chi connectivity index (χ2n) is 6.98. The number of para-hydroxylation sites is 1. The Balaban J connectivity index is 0.000000361. The zero-order valence-electron chi connectivity index (χ0n) is 19.1. The molecule has 33 heavy (non-hydrogen) atoms. The molecule has 1 aromatic carbocycles. The van der Waals surface area contributed by atoms with Crippen LogP contribution in [0.25, 0.3) is 0 Å². The zero-order valence-corrected chi connectivity index (χ0v) is 24.0. The number of amides is 1. The number of rotatable bonds is 8. The summed E-state index contributed by atoms with van der Waals surface area (Å²) in [5, 5.41) is 0. The van der Waals surface area contributed by atoms with E-state index in [-0.39, 0.29) is 19.0 Å². The molecule has 1 unspecified atom stereocenters. The number of benzene rings is 1. The van der Waals surface area contributed by atoms with Gasteiger partial charge in [-0.3, -0.25) is 0 Å². The van der Waals surface area contributed by atoms with Crippen molar-refractivity contribution in [3.8, 4) is 5.75 Å². The average Bonchev–Trinajstić information content (AvgIpc) is 3.22. The van der Waals surface area contributed by atoms with Gasteiger partial charge in [0.15, 0.2) is 20.0 Å². The van der Waals surface area contributed by atoms with Crippen molar-refractivity contribution in [2.45, 2.75) is 26.9 Å². The third-order valence-corrected chi connectivity index (χ3v) is 8.57. The fourth-order valence-corrected chi connectivity index (χ4v) is 6.01. The van der Waals surface area contributed by atoms with Gasteiger partial charge in [-0.15, -0.1) is 0 Å². The maximum Gasteiger partial charge on any atom is 0.185 e. The minimum Gasteiger partial charge on any atom is -0.336 e. The number of ether oxygens (including phenoxy) is 1. The van der Waals surface area contributed by atoms with Crippen molar-refractivity contribution in [2.75, 3.05) is 38.7 Å². The van der Waals surface area contributed by atoms with Gasteiger partial charge in [-0.1, -0.05) is 0 Å². The summed E-state index contributed by atoms with van der Waals surface area (Å²) in [6.07, 6.45) is 1.54. The maximum atomic E-state index is 12.2.